The first-order chi connectivity index (χ1) is 13.8. The van der Waals surface area contributed by atoms with Crippen LogP contribution >= 0.6 is 0 Å². The summed E-state index contributed by atoms with van der Waals surface area (Å²) < 4.78 is 0. The highest BCUT2D eigenvalue weighted by atomic mass is 16.4. The molecule has 0 aromatic carbocycles. The third kappa shape index (κ3) is 24.4. The van der Waals surface area contributed by atoms with Gasteiger partial charge in [-0.2, -0.15) is 0 Å². The molecule has 0 aliphatic carbocycles. The van der Waals surface area contributed by atoms with Crippen molar-refractivity contribution >= 4 is 5.97 Å². The topological polar surface area (TPSA) is 37.3 Å². The number of hydrogen-bond donors (Lipinski definition) is 1. The van der Waals surface area contributed by atoms with Gasteiger partial charge in [-0.05, 0) is 12.8 Å². The highest BCUT2D eigenvalue weighted by molar-refractivity contribution is 5.80. The summed E-state index contributed by atoms with van der Waals surface area (Å²) in [5.41, 5.74) is 0. The summed E-state index contributed by atoms with van der Waals surface area (Å²) in [6.07, 6.45) is 36.6. The van der Waals surface area contributed by atoms with Gasteiger partial charge in [0, 0.05) is 6.08 Å². The van der Waals surface area contributed by atoms with E-state index in [1.165, 1.54) is 102 Å². The van der Waals surface area contributed by atoms with Crippen LogP contribution in [0, 0.1) is 0 Å². The number of carboxylic acids is 1. The lowest BCUT2D eigenvalue weighted by Gasteiger charge is -2.03. The number of carbonyl (C=O) groups is 1. The third-order valence-corrected chi connectivity index (χ3v) is 4.90. The predicted octanol–water partition coefficient (Wildman–Crippen LogP) is 8.56. The lowest BCUT2D eigenvalue weighted by Crippen LogP contribution is -1.84. The maximum atomic E-state index is 10.3. The normalized spacial score (nSPS) is 12.3. The van der Waals surface area contributed by atoms with E-state index in [4.69, 9.17) is 5.11 Å². The molecule has 1 N–H and O–H groups in total. The first-order valence-electron chi connectivity index (χ1n) is 11.7. The minimum Gasteiger partial charge on any atom is -0.478 e. The minimum absolute atomic E-state index is 0.919. The molecule has 2 nitrogen and oxygen atoms in total. The number of carboxylic acid groups (broad SMARTS) is 1. The predicted molar refractivity (Wildman–Crippen MR) is 124 cm³/mol. The van der Waals surface area contributed by atoms with E-state index >= 15 is 0 Å². The van der Waals surface area contributed by atoms with E-state index in [2.05, 4.69) is 19.1 Å². The van der Waals surface area contributed by atoms with E-state index in [1.54, 1.807) is 6.08 Å². The van der Waals surface area contributed by atoms with Crippen molar-refractivity contribution in [1.29, 1.82) is 0 Å². The van der Waals surface area contributed by atoms with Crippen molar-refractivity contribution in [2.75, 3.05) is 0 Å². The molecule has 2 heteroatoms. The summed E-state index contributed by atoms with van der Waals surface area (Å²) in [6, 6.07) is 0. The molecule has 0 saturated carbocycles. The zero-order valence-electron chi connectivity index (χ0n) is 18.3. The second kappa shape index (κ2) is 23.5. The number of hydrogen-bond acceptors (Lipinski definition) is 1. The van der Waals surface area contributed by atoms with Gasteiger partial charge in [0.25, 0.3) is 0 Å². The van der Waals surface area contributed by atoms with Crippen LogP contribution < -0.4 is 0 Å². The van der Waals surface area contributed by atoms with Crippen LogP contribution in [0.4, 0.5) is 0 Å². The van der Waals surface area contributed by atoms with Gasteiger partial charge in [-0.15, -0.1) is 0 Å². The van der Waals surface area contributed by atoms with Crippen molar-refractivity contribution in [2.24, 2.45) is 0 Å². The Labute approximate surface area is 174 Å². The van der Waals surface area contributed by atoms with Gasteiger partial charge < -0.3 is 5.11 Å². The average molecular weight is 389 g/mol. The Hall–Kier alpha value is -1.57. The van der Waals surface area contributed by atoms with Gasteiger partial charge in [0.05, 0.1) is 0 Å². The third-order valence-electron chi connectivity index (χ3n) is 4.90. The molecule has 0 aliphatic heterocycles. The van der Waals surface area contributed by atoms with Crippen LogP contribution in [0.1, 0.15) is 110 Å². The van der Waals surface area contributed by atoms with Gasteiger partial charge in [-0.25, -0.2) is 4.79 Å². The van der Waals surface area contributed by atoms with Gasteiger partial charge in [0.2, 0.25) is 0 Å². The average Bonchev–Trinajstić information content (AvgIpc) is 2.68. The van der Waals surface area contributed by atoms with Crippen LogP contribution in [0.3, 0.4) is 0 Å². The molecule has 0 atom stereocenters. The largest absolute Gasteiger partial charge is 0.478 e. The highest BCUT2D eigenvalue weighted by Gasteiger charge is 1.94. The van der Waals surface area contributed by atoms with Crippen molar-refractivity contribution in [3.63, 3.8) is 0 Å². The monoisotopic (exact) mass is 388 g/mol. The Morgan fingerprint density at radius 2 is 0.964 bits per heavy atom. The lowest BCUT2D eigenvalue weighted by molar-refractivity contribution is -0.131. The molecule has 0 rings (SSSR count). The fraction of sp³-hybridized carbons (Fsp3) is 0.654. The molecule has 0 aromatic rings. The van der Waals surface area contributed by atoms with Gasteiger partial charge in [0.1, 0.15) is 0 Å². The number of aliphatic carboxylic acids is 1. The molecule has 0 unspecified atom stereocenters. The first-order valence-corrected chi connectivity index (χ1v) is 11.7. The Morgan fingerprint density at radius 1 is 0.571 bits per heavy atom. The van der Waals surface area contributed by atoms with Crippen LogP contribution in [0.25, 0.3) is 0 Å². The number of unbranched alkanes of at least 4 members (excludes halogenated alkanes) is 15. The molecule has 28 heavy (non-hydrogen) atoms. The molecule has 0 heterocycles. The van der Waals surface area contributed by atoms with Crippen molar-refractivity contribution in [2.45, 2.75) is 110 Å². The first kappa shape index (κ1) is 26.4. The summed E-state index contributed by atoms with van der Waals surface area (Å²) in [7, 11) is 0. The summed E-state index contributed by atoms with van der Waals surface area (Å²) in [4.78, 5) is 10.3. The van der Waals surface area contributed by atoms with Gasteiger partial charge in [-0.1, -0.05) is 139 Å². The molecular weight excluding hydrogens is 344 g/mol. The summed E-state index contributed by atoms with van der Waals surface area (Å²) in [5, 5.41) is 8.44. The molecule has 0 fully saturated rings. The lowest BCUT2D eigenvalue weighted by atomic mass is 10.0. The van der Waals surface area contributed by atoms with Crippen LogP contribution in [0.15, 0.2) is 48.6 Å². The molecule has 0 aliphatic rings. The fourth-order valence-corrected chi connectivity index (χ4v) is 3.20. The fourth-order valence-electron chi connectivity index (χ4n) is 3.20. The molecule has 0 bridgehead atoms. The van der Waals surface area contributed by atoms with E-state index in [9.17, 15) is 4.79 Å². The number of rotatable bonds is 20. The summed E-state index contributed by atoms with van der Waals surface area (Å²) >= 11 is 0. The van der Waals surface area contributed by atoms with Gasteiger partial charge >= 0.3 is 5.97 Å². The quantitative estimate of drug-likeness (QED) is 0.129. The van der Waals surface area contributed by atoms with Gasteiger partial charge in [-0.3, -0.25) is 0 Å². The Morgan fingerprint density at radius 3 is 1.43 bits per heavy atom. The zero-order valence-corrected chi connectivity index (χ0v) is 18.3. The maximum absolute atomic E-state index is 10.3. The smallest absolute Gasteiger partial charge is 0.328 e. The van der Waals surface area contributed by atoms with E-state index < -0.39 is 5.97 Å². The maximum Gasteiger partial charge on any atom is 0.328 e. The van der Waals surface area contributed by atoms with Crippen molar-refractivity contribution in [1.82, 2.24) is 0 Å². The van der Waals surface area contributed by atoms with Gasteiger partial charge in [0.15, 0.2) is 0 Å². The number of allylic oxidation sites excluding steroid dienone is 7. The Balaban J connectivity index is 3.24. The highest BCUT2D eigenvalue weighted by Crippen LogP contribution is 2.13. The second-order valence-electron chi connectivity index (χ2n) is 7.63. The van der Waals surface area contributed by atoms with E-state index in [0.29, 0.717) is 0 Å². The SMILES string of the molecule is CCCCCCCCCCCCCCCCC/C=C/C=C/C=C/C=C/C(=O)O. The van der Waals surface area contributed by atoms with Crippen molar-refractivity contribution < 1.29 is 9.90 Å². The molecule has 0 saturated heterocycles. The zero-order chi connectivity index (χ0) is 20.5. The molecule has 0 spiro atoms. The molecular formula is C26H44O2. The van der Waals surface area contributed by atoms with E-state index in [-0.39, 0.29) is 0 Å². The minimum atomic E-state index is -0.919. The van der Waals surface area contributed by atoms with E-state index in [1.807, 2.05) is 18.2 Å². The molecule has 160 valence electrons. The second-order valence-corrected chi connectivity index (χ2v) is 7.63. The van der Waals surface area contributed by atoms with Crippen LogP contribution in [-0.2, 0) is 4.79 Å². The summed E-state index contributed by atoms with van der Waals surface area (Å²) in [5.74, 6) is -0.919. The Bertz CT molecular complexity index is 443. The standard InChI is InChI=1S/C26H44O2/c1-2-3-4-5-6-7-8-9-10-11-12-13-14-15-16-17-18-19-20-21-22-23-24-25-26(27)28/h18-25H,2-17H2,1H3,(H,27,28)/b19-18+,21-20+,23-22+,25-24+. The van der Waals surface area contributed by atoms with Crippen LogP contribution in [0.5, 0.6) is 0 Å². The van der Waals surface area contributed by atoms with Crippen LogP contribution in [0.2, 0.25) is 0 Å². The summed E-state index contributed by atoms with van der Waals surface area (Å²) in [6.45, 7) is 2.28. The van der Waals surface area contributed by atoms with E-state index in [0.717, 1.165) is 12.5 Å². The Kier molecular flexibility index (Phi) is 22.2. The molecule has 0 amide bonds. The molecule has 0 radical (unpaired) electrons. The molecule has 0 aromatic heterocycles. The van der Waals surface area contributed by atoms with Crippen molar-refractivity contribution in [3.8, 4) is 0 Å². The van der Waals surface area contributed by atoms with Crippen molar-refractivity contribution in [3.05, 3.63) is 48.6 Å². The van der Waals surface area contributed by atoms with Crippen LogP contribution in [-0.4, -0.2) is 11.1 Å².